The van der Waals surface area contributed by atoms with E-state index in [9.17, 15) is 4.79 Å². The van der Waals surface area contributed by atoms with Gasteiger partial charge in [-0.25, -0.2) is 0 Å². The lowest BCUT2D eigenvalue weighted by atomic mass is 10.3. The molecular weight excluding hydrogens is 178 g/mol. The summed E-state index contributed by atoms with van der Waals surface area (Å²) in [6, 6.07) is 0. The number of likely N-dealkylation sites (N-methyl/N-ethyl adjacent to an activating group) is 1. The molecule has 3 heteroatoms. The Bertz CT molecular complexity index is 203. The number of hydrogen-bond acceptors (Lipinski definition) is 3. The van der Waals surface area contributed by atoms with Gasteiger partial charge < -0.3 is 4.74 Å². The van der Waals surface area contributed by atoms with Crippen LogP contribution in [-0.2, 0) is 9.53 Å². The first-order valence-electron chi connectivity index (χ1n) is 5.37. The number of nitrogens with zero attached hydrogens (tertiary/aromatic N) is 1. The Kier molecular flexibility index (Phi) is 3.93. The first-order chi connectivity index (χ1) is 6.49. The molecular formula is C11H21NO2. The second-order valence-electron chi connectivity index (χ2n) is 4.71. The van der Waals surface area contributed by atoms with Gasteiger partial charge in [0.25, 0.3) is 0 Å². The molecule has 0 aromatic heterocycles. The van der Waals surface area contributed by atoms with Gasteiger partial charge in [0.05, 0.1) is 12.6 Å². The van der Waals surface area contributed by atoms with Gasteiger partial charge in [-0.05, 0) is 39.2 Å². The largest absolute Gasteiger partial charge is 0.462 e. The van der Waals surface area contributed by atoms with E-state index in [2.05, 4.69) is 11.8 Å². The van der Waals surface area contributed by atoms with Crippen molar-refractivity contribution >= 4 is 5.97 Å². The topological polar surface area (TPSA) is 29.5 Å². The van der Waals surface area contributed by atoms with Crippen LogP contribution in [0.15, 0.2) is 0 Å². The summed E-state index contributed by atoms with van der Waals surface area (Å²) in [5, 5.41) is 0. The molecule has 14 heavy (non-hydrogen) atoms. The highest BCUT2D eigenvalue weighted by Gasteiger charge is 2.33. The molecule has 1 rings (SSSR count). The normalized spacial score (nSPS) is 25.6. The van der Waals surface area contributed by atoms with E-state index in [4.69, 9.17) is 4.74 Å². The fourth-order valence-corrected chi connectivity index (χ4v) is 1.64. The summed E-state index contributed by atoms with van der Waals surface area (Å²) in [5.41, 5.74) is 0. The molecule has 0 aliphatic heterocycles. The summed E-state index contributed by atoms with van der Waals surface area (Å²) in [4.78, 5) is 13.3. The van der Waals surface area contributed by atoms with Gasteiger partial charge in [0.15, 0.2) is 0 Å². The lowest BCUT2D eigenvalue weighted by Gasteiger charge is -2.16. The lowest BCUT2D eigenvalue weighted by Crippen LogP contribution is -2.30. The SMILES string of the molecule is CC(C)OC(=O)CN(C)CC1CC1C. The second-order valence-corrected chi connectivity index (χ2v) is 4.71. The zero-order valence-corrected chi connectivity index (χ0v) is 9.62. The first-order valence-corrected chi connectivity index (χ1v) is 5.37. The average Bonchev–Trinajstić information content (AvgIpc) is 2.62. The third-order valence-electron chi connectivity index (χ3n) is 2.59. The minimum absolute atomic E-state index is 0.00394. The van der Waals surface area contributed by atoms with Gasteiger partial charge in [0.2, 0.25) is 0 Å². The summed E-state index contributed by atoms with van der Waals surface area (Å²) < 4.78 is 5.07. The molecule has 1 saturated carbocycles. The van der Waals surface area contributed by atoms with E-state index in [-0.39, 0.29) is 12.1 Å². The minimum Gasteiger partial charge on any atom is -0.462 e. The standard InChI is InChI=1S/C11H21NO2/c1-8(2)14-11(13)7-12(4)6-10-5-9(10)3/h8-10H,5-7H2,1-4H3. The number of ether oxygens (including phenoxy) is 1. The van der Waals surface area contributed by atoms with Crippen LogP contribution in [0.2, 0.25) is 0 Å². The van der Waals surface area contributed by atoms with Crippen molar-refractivity contribution in [3.63, 3.8) is 0 Å². The van der Waals surface area contributed by atoms with Crippen molar-refractivity contribution in [3.8, 4) is 0 Å². The highest BCUT2D eigenvalue weighted by Crippen LogP contribution is 2.37. The van der Waals surface area contributed by atoms with Crippen molar-refractivity contribution in [1.82, 2.24) is 4.90 Å². The zero-order valence-electron chi connectivity index (χ0n) is 9.62. The molecule has 0 amide bonds. The van der Waals surface area contributed by atoms with Crippen LogP contribution in [0.1, 0.15) is 27.2 Å². The van der Waals surface area contributed by atoms with Gasteiger partial charge in [-0.1, -0.05) is 6.92 Å². The molecule has 3 nitrogen and oxygen atoms in total. The smallest absolute Gasteiger partial charge is 0.320 e. The van der Waals surface area contributed by atoms with Crippen LogP contribution in [0.4, 0.5) is 0 Å². The van der Waals surface area contributed by atoms with E-state index < -0.39 is 0 Å². The minimum atomic E-state index is -0.115. The van der Waals surface area contributed by atoms with Crippen molar-refractivity contribution < 1.29 is 9.53 Å². The van der Waals surface area contributed by atoms with Crippen LogP contribution in [0.25, 0.3) is 0 Å². The molecule has 0 aromatic carbocycles. The molecule has 2 unspecified atom stereocenters. The fraction of sp³-hybridized carbons (Fsp3) is 0.909. The number of esters is 1. The van der Waals surface area contributed by atoms with Crippen molar-refractivity contribution in [2.45, 2.75) is 33.3 Å². The molecule has 0 heterocycles. The summed E-state index contributed by atoms with van der Waals surface area (Å²) >= 11 is 0. The Morgan fingerprint density at radius 2 is 2.14 bits per heavy atom. The predicted octanol–water partition coefficient (Wildman–Crippen LogP) is 1.53. The Hall–Kier alpha value is -0.570. The Balaban J connectivity index is 2.13. The number of hydrogen-bond donors (Lipinski definition) is 0. The Morgan fingerprint density at radius 3 is 2.57 bits per heavy atom. The van der Waals surface area contributed by atoms with E-state index in [1.54, 1.807) is 0 Å². The third kappa shape index (κ3) is 4.09. The van der Waals surface area contributed by atoms with Gasteiger partial charge in [0.1, 0.15) is 0 Å². The molecule has 0 saturated heterocycles. The number of carbonyl (C=O) groups is 1. The quantitative estimate of drug-likeness (QED) is 0.629. The predicted molar refractivity (Wildman–Crippen MR) is 56.0 cm³/mol. The van der Waals surface area contributed by atoms with E-state index >= 15 is 0 Å². The third-order valence-corrected chi connectivity index (χ3v) is 2.59. The first kappa shape index (κ1) is 11.5. The van der Waals surface area contributed by atoms with Crippen molar-refractivity contribution in [2.75, 3.05) is 20.1 Å². The van der Waals surface area contributed by atoms with Gasteiger partial charge >= 0.3 is 5.97 Å². The molecule has 1 aliphatic carbocycles. The summed E-state index contributed by atoms with van der Waals surface area (Å²) in [5.74, 6) is 1.53. The van der Waals surface area contributed by atoms with Crippen molar-refractivity contribution in [1.29, 1.82) is 0 Å². The molecule has 0 spiro atoms. The summed E-state index contributed by atoms with van der Waals surface area (Å²) in [6.07, 6.45) is 1.31. The van der Waals surface area contributed by atoms with Crippen LogP contribution in [-0.4, -0.2) is 37.1 Å². The van der Waals surface area contributed by atoms with Crippen LogP contribution in [0.3, 0.4) is 0 Å². The van der Waals surface area contributed by atoms with Crippen LogP contribution >= 0.6 is 0 Å². The fourth-order valence-electron chi connectivity index (χ4n) is 1.64. The highest BCUT2D eigenvalue weighted by molar-refractivity contribution is 5.71. The average molecular weight is 199 g/mol. The Labute approximate surface area is 86.4 Å². The maximum absolute atomic E-state index is 11.3. The summed E-state index contributed by atoms with van der Waals surface area (Å²) in [6.45, 7) is 7.45. The second kappa shape index (κ2) is 4.78. The molecule has 0 radical (unpaired) electrons. The maximum atomic E-state index is 11.3. The molecule has 0 aromatic rings. The lowest BCUT2D eigenvalue weighted by molar-refractivity contribution is -0.148. The molecule has 0 bridgehead atoms. The van der Waals surface area contributed by atoms with E-state index in [0.717, 1.165) is 18.4 Å². The molecule has 1 fully saturated rings. The maximum Gasteiger partial charge on any atom is 0.320 e. The van der Waals surface area contributed by atoms with Gasteiger partial charge in [-0.2, -0.15) is 0 Å². The highest BCUT2D eigenvalue weighted by atomic mass is 16.5. The Morgan fingerprint density at radius 1 is 1.57 bits per heavy atom. The number of rotatable bonds is 5. The van der Waals surface area contributed by atoms with E-state index in [1.807, 2.05) is 20.9 Å². The van der Waals surface area contributed by atoms with Crippen molar-refractivity contribution in [3.05, 3.63) is 0 Å². The van der Waals surface area contributed by atoms with Crippen LogP contribution in [0, 0.1) is 11.8 Å². The molecule has 0 N–H and O–H groups in total. The monoisotopic (exact) mass is 199 g/mol. The van der Waals surface area contributed by atoms with E-state index in [1.165, 1.54) is 6.42 Å². The summed E-state index contributed by atoms with van der Waals surface area (Å²) in [7, 11) is 1.98. The van der Waals surface area contributed by atoms with Crippen LogP contribution < -0.4 is 0 Å². The zero-order chi connectivity index (χ0) is 10.7. The van der Waals surface area contributed by atoms with Gasteiger partial charge in [-0.15, -0.1) is 0 Å². The molecule has 82 valence electrons. The van der Waals surface area contributed by atoms with Gasteiger partial charge in [0, 0.05) is 6.54 Å². The molecule has 2 atom stereocenters. The van der Waals surface area contributed by atoms with Crippen LogP contribution in [0.5, 0.6) is 0 Å². The van der Waals surface area contributed by atoms with E-state index in [0.29, 0.717) is 6.54 Å². The van der Waals surface area contributed by atoms with Crippen molar-refractivity contribution in [2.24, 2.45) is 11.8 Å². The number of carbonyl (C=O) groups excluding carboxylic acids is 1. The van der Waals surface area contributed by atoms with Gasteiger partial charge in [-0.3, -0.25) is 9.69 Å². The molecule has 1 aliphatic rings.